The Kier molecular flexibility index (Phi) is 3.85. The SMILES string of the molecule is Cc1cccc(NCc2ccc(S(C)(=O)=O)cc2)n1. The van der Waals surface area contributed by atoms with E-state index in [0.717, 1.165) is 17.1 Å². The third kappa shape index (κ3) is 3.79. The highest BCUT2D eigenvalue weighted by atomic mass is 32.2. The number of nitrogens with one attached hydrogen (secondary N) is 1. The van der Waals surface area contributed by atoms with Gasteiger partial charge in [-0.3, -0.25) is 0 Å². The van der Waals surface area contributed by atoms with Gasteiger partial charge in [-0.1, -0.05) is 18.2 Å². The predicted octanol–water partition coefficient (Wildman–Crippen LogP) is 2.41. The molecular weight excluding hydrogens is 260 g/mol. The minimum absolute atomic E-state index is 0.338. The monoisotopic (exact) mass is 276 g/mol. The molecule has 2 rings (SSSR count). The molecule has 19 heavy (non-hydrogen) atoms. The number of hydrogen-bond donors (Lipinski definition) is 1. The van der Waals surface area contributed by atoms with Gasteiger partial charge in [0.15, 0.2) is 9.84 Å². The van der Waals surface area contributed by atoms with Crippen molar-refractivity contribution in [1.29, 1.82) is 0 Å². The molecule has 2 aromatic rings. The van der Waals surface area contributed by atoms with E-state index in [0.29, 0.717) is 11.4 Å². The van der Waals surface area contributed by atoms with Gasteiger partial charge in [0.05, 0.1) is 4.90 Å². The number of aromatic nitrogens is 1. The van der Waals surface area contributed by atoms with Gasteiger partial charge in [-0.25, -0.2) is 13.4 Å². The van der Waals surface area contributed by atoms with E-state index in [-0.39, 0.29) is 0 Å². The summed E-state index contributed by atoms with van der Waals surface area (Å²) in [6.45, 7) is 2.55. The smallest absolute Gasteiger partial charge is 0.175 e. The zero-order valence-electron chi connectivity index (χ0n) is 10.9. The van der Waals surface area contributed by atoms with Crippen LogP contribution in [0.1, 0.15) is 11.3 Å². The Hall–Kier alpha value is -1.88. The quantitative estimate of drug-likeness (QED) is 0.931. The lowest BCUT2D eigenvalue weighted by Gasteiger charge is -2.07. The van der Waals surface area contributed by atoms with Crippen molar-refractivity contribution in [3.63, 3.8) is 0 Å². The van der Waals surface area contributed by atoms with Crippen molar-refractivity contribution in [3.05, 3.63) is 53.7 Å². The van der Waals surface area contributed by atoms with Gasteiger partial charge in [0, 0.05) is 18.5 Å². The molecule has 4 nitrogen and oxygen atoms in total. The number of rotatable bonds is 4. The molecule has 0 spiro atoms. The van der Waals surface area contributed by atoms with E-state index < -0.39 is 9.84 Å². The van der Waals surface area contributed by atoms with Gasteiger partial charge in [-0.2, -0.15) is 0 Å². The first-order valence-corrected chi connectivity index (χ1v) is 7.81. The minimum Gasteiger partial charge on any atom is -0.366 e. The summed E-state index contributed by atoms with van der Waals surface area (Å²) in [5.74, 6) is 0.812. The number of hydrogen-bond acceptors (Lipinski definition) is 4. The molecule has 0 atom stereocenters. The second-order valence-electron chi connectivity index (χ2n) is 4.43. The predicted molar refractivity (Wildman–Crippen MR) is 75.9 cm³/mol. The molecule has 0 aliphatic heterocycles. The van der Waals surface area contributed by atoms with Crippen molar-refractivity contribution in [2.75, 3.05) is 11.6 Å². The molecule has 1 aromatic heterocycles. The summed E-state index contributed by atoms with van der Waals surface area (Å²) in [4.78, 5) is 4.68. The lowest BCUT2D eigenvalue weighted by molar-refractivity contribution is 0.602. The summed E-state index contributed by atoms with van der Waals surface area (Å²) in [6, 6.07) is 12.6. The van der Waals surface area contributed by atoms with Crippen molar-refractivity contribution >= 4 is 15.7 Å². The van der Waals surface area contributed by atoms with Crippen LogP contribution in [0.4, 0.5) is 5.82 Å². The number of anilines is 1. The van der Waals surface area contributed by atoms with Gasteiger partial charge >= 0.3 is 0 Å². The molecule has 0 radical (unpaired) electrons. The standard InChI is InChI=1S/C14H16N2O2S/c1-11-4-3-5-14(16-11)15-10-12-6-8-13(9-7-12)19(2,17)18/h3-9H,10H2,1-2H3,(H,15,16). The molecule has 0 bridgehead atoms. The molecule has 0 saturated heterocycles. The lowest BCUT2D eigenvalue weighted by Crippen LogP contribution is -2.02. The number of aryl methyl sites for hydroxylation is 1. The number of pyridine rings is 1. The molecule has 5 heteroatoms. The summed E-state index contributed by atoms with van der Waals surface area (Å²) in [7, 11) is -3.13. The summed E-state index contributed by atoms with van der Waals surface area (Å²) in [5.41, 5.74) is 1.97. The fourth-order valence-electron chi connectivity index (χ4n) is 1.69. The van der Waals surface area contributed by atoms with Gasteiger partial charge in [-0.15, -0.1) is 0 Å². The maximum Gasteiger partial charge on any atom is 0.175 e. The number of benzene rings is 1. The normalized spacial score (nSPS) is 11.3. The molecule has 0 saturated carbocycles. The lowest BCUT2D eigenvalue weighted by atomic mass is 10.2. The highest BCUT2D eigenvalue weighted by Gasteiger charge is 2.05. The van der Waals surface area contributed by atoms with E-state index in [1.807, 2.05) is 25.1 Å². The molecular formula is C14H16N2O2S. The van der Waals surface area contributed by atoms with Crippen LogP contribution in [-0.4, -0.2) is 19.7 Å². The Bertz CT molecular complexity index is 664. The van der Waals surface area contributed by atoms with Crippen LogP contribution in [0, 0.1) is 6.92 Å². The van der Waals surface area contributed by atoms with Gasteiger partial charge in [0.1, 0.15) is 5.82 Å². The van der Waals surface area contributed by atoms with Crippen LogP contribution < -0.4 is 5.32 Å². The van der Waals surface area contributed by atoms with Crippen molar-refractivity contribution in [3.8, 4) is 0 Å². The summed E-state index contributed by atoms with van der Waals surface area (Å²) in [6.07, 6.45) is 1.21. The third-order valence-electron chi connectivity index (χ3n) is 2.71. The highest BCUT2D eigenvalue weighted by molar-refractivity contribution is 7.90. The average Bonchev–Trinajstić information content (AvgIpc) is 2.36. The van der Waals surface area contributed by atoms with E-state index in [4.69, 9.17) is 0 Å². The molecule has 0 aliphatic rings. The van der Waals surface area contributed by atoms with Gasteiger partial charge in [0.25, 0.3) is 0 Å². The van der Waals surface area contributed by atoms with Crippen LogP contribution in [0.15, 0.2) is 47.4 Å². The van der Waals surface area contributed by atoms with Crippen LogP contribution in [0.2, 0.25) is 0 Å². The Balaban J connectivity index is 2.05. The van der Waals surface area contributed by atoms with Crippen LogP contribution in [0.3, 0.4) is 0 Å². The largest absolute Gasteiger partial charge is 0.366 e. The first kappa shape index (κ1) is 13.5. The highest BCUT2D eigenvalue weighted by Crippen LogP contribution is 2.12. The molecule has 0 unspecified atom stereocenters. The molecule has 0 fully saturated rings. The topological polar surface area (TPSA) is 59.1 Å². The molecule has 1 N–H and O–H groups in total. The fraction of sp³-hybridized carbons (Fsp3) is 0.214. The first-order valence-electron chi connectivity index (χ1n) is 5.92. The Morgan fingerprint density at radius 1 is 1.11 bits per heavy atom. The zero-order valence-corrected chi connectivity index (χ0v) is 11.7. The van der Waals surface area contributed by atoms with Crippen molar-refractivity contribution in [1.82, 2.24) is 4.98 Å². The van der Waals surface area contributed by atoms with Gasteiger partial charge < -0.3 is 5.32 Å². The van der Waals surface area contributed by atoms with E-state index in [2.05, 4.69) is 10.3 Å². The molecule has 0 aliphatic carbocycles. The minimum atomic E-state index is -3.13. The van der Waals surface area contributed by atoms with Crippen molar-refractivity contribution in [2.45, 2.75) is 18.4 Å². The molecule has 1 heterocycles. The zero-order chi connectivity index (χ0) is 13.9. The molecule has 1 aromatic carbocycles. The van der Waals surface area contributed by atoms with E-state index in [1.165, 1.54) is 6.26 Å². The Labute approximate surface area is 113 Å². The first-order chi connectivity index (χ1) is 8.95. The summed E-state index contributed by atoms with van der Waals surface area (Å²) < 4.78 is 22.7. The van der Waals surface area contributed by atoms with Crippen molar-refractivity contribution < 1.29 is 8.42 Å². The van der Waals surface area contributed by atoms with E-state index >= 15 is 0 Å². The second-order valence-corrected chi connectivity index (χ2v) is 6.45. The van der Waals surface area contributed by atoms with Crippen LogP contribution >= 0.6 is 0 Å². The Morgan fingerprint density at radius 2 is 1.79 bits per heavy atom. The fourth-order valence-corrected chi connectivity index (χ4v) is 2.32. The maximum absolute atomic E-state index is 11.3. The summed E-state index contributed by atoms with van der Waals surface area (Å²) >= 11 is 0. The molecule has 100 valence electrons. The average molecular weight is 276 g/mol. The third-order valence-corrected chi connectivity index (χ3v) is 3.84. The van der Waals surface area contributed by atoms with Crippen LogP contribution in [0.5, 0.6) is 0 Å². The molecule has 0 amide bonds. The Morgan fingerprint density at radius 3 is 2.37 bits per heavy atom. The second kappa shape index (κ2) is 5.40. The number of nitrogens with zero attached hydrogens (tertiary/aromatic N) is 1. The summed E-state index contributed by atoms with van der Waals surface area (Å²) in [5, 5.41) is 3.20. The van der Waals surface area contributed by atoms with Crippen molar-refractivity contribution in [2.24, 2.45) is 0 Å². The van der Waals surface area contributed by atoms with E-state index in [9.17, 15) is 8.42 Å². The van der Waals surface area contributed by atoms with E-state index in [1.54, 1.807) is 24.3 Å². The van der Waals surface area contributed by atoms with Crippen LogP contribution in [-0.2, 0) is 16.4 Å². The maximum atomic E-state index is 11.3. The van der Waals surface area contributed by atoms with Gasteiger partial charge in [0.2, 0.25) is 0 Å². The van der Waals surface area contributed by atoms with Gasteiger partial charge in [-0.05, 0) is 36.8 Å². The number of sulfone groups is 1. The van der Waals surface area contributed by atoms with Crippen LogP contribution in [0.25, 0.3) is 0 Å².